The van der Waals surface area contributed by atoms with Gasteiger partial charge in [-0.2, -0.15) is 0 Å². The summed E-state index contributed by atoms with van der Waals surface area (Å²) < 4.78 is 18.6. The van der Waals surface area contributed by atoms with Gasteiger partial charge in [0.25, 0.3) is 0 Å². The average molecular weight is 580 g/mol. The number of hydrogen-bond acceptors (Lipinski definition) is 5. The van der Waals surface area contributed by atoms with E-state index in [-0.39, 0.29) is 5.56 Å². The van der Waals surface area contributed by atoms with E-state index >= 15 is 0 Å². The summed E-state index contributed by atoms with van der Waals surface area (Å²) in [5.41, 5.74) is 2.78. The van der Waals surface area contributed by atoms with Crippen LogP contribution in [0.4, 0.5) is 4.39 Å². The topological polar surface area (TPSA) is 80.8 Å². The van der Waals surface area contributed by atoms with Crippen molar-refractivity contribution in [2.45, 2.75) is 29.6 Å². The summed E-state index contributed by atoms with van der Waals surface area (Å²) in [7, 11) is 0. The van der Waals surface area contributed by atoms with Gasteiger partial charge in [0.15, 0.2) is 12.4 Å². The summed E-state index contributed by atoms with van der Waals surface area (Å²) in [5, 5.41) is 0. The molecule has 1 saturated heterocycles. The maximum atomic E-state index is 14.2. The molecule has 1 fully saturated rings. The van der Waals surface area contributed by atoms with Crippen LogP contribution < -0.4 is 0 Å². The lowest BCUT2D eigenvalue weighted by atomic mass is 9.54. The molecule has 0 radical (unpaired) electrons. The number of amides is 2. The van der Waals surface area contributed by atoms with Crippen LogP contribution in [0.15, 0.2) is 72.8 Å². The van der Waals surface area contributed by atoms with Crippen molar-refractivity contribution in [2.75, 3.05) is 6.61 Å². The van der Waals surface area contributed by atoms with E-state index in [1.807, 2.05) is 48.5 Å². The van der Waals surface area contributed by atoms with E-state index in [9.17, 15) is 23.6 Å². The van der Waals surface area contributed by atoms with Crippen LogP contribution in [0.1, 0.15) is 46.5 Å². The Morgan fingerprint density at radius 2 is 1.25 bits per heavy atom. The zero-order valence-corrected chi connectivity index (χ0v) is 23.1. The van der Waals surface area contributed by atoms with Gasteiger partial charge in [0.2, 0.25) is 11.8 Å². The summed E-state index contributed by atoms with van der Waals surface area (Å²) in [6.07, 6.45) is 0. The number of alkyl halides is 2. The molecule has 204 valence electrons. The van der Waals surface area contributed by atoms with E-state index in [0.717, 1.165) is 17.0 Å². The first-order valence-corrected chi connectivity index (χ1v) is 13.7. The third-order valence-corrected chi connectivity index (χ3v) is 9.57. The second-order valence-electron chi connectivity index (χ2n) is 10.7. The second kappa shape index (κ2) is 9.25. The second-order valence-corrected chi connectivity index (χ2v) is 11.9. The number of halogens is 3. The molecule has 0 aromatic heterocycles. The highest BCUT2D eigenvalue weighted by molar-refractivity contribution is 6.36. The molecule has 3 aromatic rings. The predicted octanol–water partition coefficient (Wildman–Crippen LogP) is 5.17. The van der Waals surface area contributed by atoms with Crippen molar-refractivity contribution in [1.29, 1.82) is 0 Å². The highest BCUT2D eigenvalue weighted by Gasteiger charge is 2.74. The first-order chi connectivity index (χ1) is 19.0. The van der Waals surface area contributed by atoms with E-state index < -0.39 is 69.5 Å². The lowest BCUT2D eigenvalue weighted by Gasteiger charge is -2.54. The number of nitrogens with zero attached hydrogens (tertiary/aromatic N) is 1. The van der Waals surface area contributed by atoms with Gasteiger partial charge in [0, 0.05) is 5.56 Å². The van der Waals surface area contributed by atoms with Crippen LogP contribution in [0.5, 0.6) is 0 Å². The maximum Gasteiger partial charge on any atom is 0.330 e. The van der Waals surface area contributed by atoms with Gasteiger partial charge in [-0.3, -0.25) is 19.3 Å². The van der Waals surface area contributed by atoms with Crippen molar-refractivity contribution in [1.82, 2.24) is 4.90 Å². The van der Waals surface area contributed by atoms with Gasteiger partial charge in [-0.25, -0.2) is 9.18 Å². The summed E-state index contributed by atoms with van der Waals surface area (Å²) >= 11 is 14.9. The molecular formula is C31H24Cl2FNO5. The standard InChI is InChI=1S/C31H24Cl2FNO5/c1-16(2)26(29(39)40-15-23(36)17-11-13-18(34)14-12-17)35-27(37)24-25(28(35)38)31(33)20-8-4-3-7-19(20)30(24,32)21-9-5-6-10-22(21)31/h3-14,16,24-26H,15H2,1-2H3/t24-,25+,26-,30?,31?/m0/s1. The van der Waals surface area contributed by atoms with Crippen LogP contribution in [-0.4, -0.2) is 41.1 Å². The third-order valence-electron chi connectivity index (χ3n) is 8.28. The first-order valence-electron chi connectivity index (χ1n) is 12.9. The zero-order valence-electron chi connectivity index (χ0n) is 21.6. The zero-order chi connectivity index (χ0) is 28.6. The molecule has 1 aliphatic heterocycles. The number of imide groups is 1. The molecule has 6 nitrogen and oxygen atoms in total. The summed E-state index contributed by atoms with van der Waals surface area (Å²) in [4.78, 5) is 52.5. The van der Waals surface area contributed by atoms with E-state index in [0.29, 0.717) is 22.3 Å². The van der Waals surface area contributed by atoms with Crippen molar-refractivity contribution in [3.05, 3.63) is 106 Å². The summed E-state index contributed by atoms with van der Waals surface area (Å²) in [5.74, 6) is -5.83. The van der Waals surface area contributed by atoms with E-state index in [1.165, 1.54) is 12.1 Å². The first kappa shape index (κ1) is 26.7. The van der Waals surface area contributed by atoms with Crippen LogP contribution in [0, 0.1) is 23.6 Å². The quantitative estimate of drug-likeness (QED) is 0.174. The predicted molar refractivity (Wildman–Crippen MR) is 145 cm³/mol. The van der Waals surface area contributed by atoms with Crippen molar-refractivity contribution >= 4 is 46.8 Å². The van der Waals surface area contributed by atoms with Gasteiger partial charge in [0.1, 0.15) is 21.6 Å². The highest BCUT2D eigenvalue weighted by atomic mass is 35.5. The number of ether oxygens (including phenoxy) is 1. The number of Topliss-reactive ketones (excluding diaryl/α,β-unsaturated/α-hetero) is 1. The Labute approximate surface area is 240 Å². The van der Waals surface area contributed by atoms with Crippen LogP contribution in [0.2, 0.25) is 0 Å². The minimum absolute atomic E-state index is 0.162. The molecule has 3 aromatic carbocycles. The molecule has 0 saturated carbocycles. The highest BCUT2D eigenvalue weighted by Crippen LogP contribution is 2.69. The van der Waals surface area contributed by atoms with Crippen molar-refractivity contribution in [3.8, 4) is 0 Å². The number of likely N-dealkylation sites (tertiary alicyclic amines) is 1. The smallest absolute Gasteiger partial charge is 0.330 e. The Kier molecular flexibility index (Phi) is 6.16. The summed E-state index contributed by atoms with van der Waals surface area (Å²) in [6, 6.07) is 18.1. The fourth-order valence-corrected chi connectivity index (χ4v) is 7.68. The number of esters is 1. The van der Waals surface area contributed by atoms with Gasteiger partial charge in [-0.15, -0.1) is 23.2 Å². The van der Waals surface area contributed by atoms with E-state index in [1.54, 1.807) is 13.8 Å². The van der Waals surface area contributed by atoms with Gasteiger partial charge < -0.3 is 4.74 Å². The Morgan fingerprint density at radius 3 is 1.65 bits per heavy atom. The molecule has 0 N–H and O–H groups in total. The maximum absolute atomic E-state index is 14.2. The minimum Gasteiger partial charge on any atom is -0.456 e. The molecule has 2 bridgehead atoms. The number of rotatable bonds is 6. The molecule has 40 heavy (non-hydrogen) atoms. The molecule has 0 unspecified atom stereocenters. The van der Waals surface area contributed by atoms with Crippen molar-refractivity contribution in [2.24, 2.45) is 17.8 Å². The number of benzene rings is 3. The minimum atomic E-state index is -1.38. The number of carbonyl (C=O) groups is 4. The average Bonchev–Trinajstić information content (AvgIpc) is 3.21. The van der Waals surface area contributed by atoms with E-state index in [4.69, 9.17) is 27.9 Å². The van der Waals surface area contributed by atoms with Crippen LogP contribution in [0.3, 0.4) is 0 Å². The fraction of sp³-hybridized carbons (Fsp3) is 0.290. The Balaban J connectivity index is 1.37. The van der Waals surface area contributed by atoms with Gasteiger partial charge in [-0.1, -0.05) is 62.4 Å². The molecule has 4 aliphatic rings. The lowest BCUT2D eigenvalue weighted by molar-refractivity contribution is -0.160. The molecule has 3 atom stereocenters. The lowest BCUT2D eigenvalue weighted by Crippen LogP contribution is -2.57. The molecular weight excluding hydrogens is 556 g/mol. The Bertz CT molecular complexity index is 1470. The number of carbonyl (C=O) groups excluding carboxylic acids is 4. The summed E-state index contributed by atoms with van der Waals surface area (Å²) in [6.45, 7) is 2.73. The monoisotopic (exact) mass is 579 g/mol. The number of hydrogen-bond donors (Lipinski definition) is 0. The molecule has 3 aliphatic carbocycles. The largest absolute Gasteiger partial charge is 0.456 e. The third kappa shape index (κ3) is 3.47. The number of ketones is 1. The molecule has 7 rings (SSSR count). The van der Waals surface area contributed by atoms with Crippen molar-refractivity contribution < 1.29 is 28.3 Å². The van der Waals surface area contributed by atoms with Crippen LogP contribution in [-0.2, 0) is 28.9 Å². The molecule has 0 spiro atoms. The van der Waals surface area contributed by atoms with Crippen LogP contribution in [0.25, 0.3) is 0 Å². The molecule has 1 heterocycles. The van der Waals surface area contributed by atoms with Gasteiger partial charge in [0.05, 0.1) is 11.8 Å². The van der Waals surface area contributed by atoms with Crippen molar-refractivity contribution in [3.63, 3.8) is 0 Å². The van der Waals surface area contributed by atoms with Crippen LogP contribution >= 0.6 is 23.2 Å². The Hall–Kier alpha value is -3.55. The Morgan fingerprint density at radius 1 is 0.825 bits per heavy atom. The normalized spacial score (nSPS) is 26.8. The van der Waals surface area contributed by atoms with Gasteiger partial charge >= 0.3 is 5.97 Å². The van der Waals surface area contributed by atoms with Gasteiger partial charge in [-0.05, 0) is 52.4 Å². The SMILES string of the molecule is CC(C)[C@@H](C(=O)OCC(=O)c1ccc(F)cc1)N1C(=O)[C@@H]2[C@H](C1=O)C1(Cl)c3ccccc3C2(Cl)c2ccccc21. The fourth-order valence-electron chi connectivity index (χ4n) is 6.58. The molecule has 9 heteroatoms. The molecule has 2 amide bonds. The van der Waals surface area contributed by atoms with E-state index in [2.05, 4.69) is 0 Å².